The van der Waals surface area contributed by atoms with Crippen LogP contribution in [0, 0.1) is 0 Å². The molecule has 0 saturated heterocycles. The minimum absolute atomic E-state index is 0.289. The summed E-state index contributed by atoms with van der Waals surface area (Å²) in [6, 6.07) is 8.20. The Morgan fingerprint density at radius 2 is 2.00 bits per heavy atom. The Morgan fingerprint density at radius 3 is 2.62 bits per heavy atom. The average Bonchev–Trinajstić information content (AvgIpc) is 2.93. The second kappa shape index (κ2) is 7.33. The lowest BCUT2D eigenvalue weighted by Gasteiger charge is -2.14. The lowest BCUT2D eigenvalue weighted by Crippen LogP contribution is -2.22. The maximum atomic E-state index is 9.28. The van der Waals surface area contributed by atoms with Crippen molar-refractivity contribution in [2.45, 2.75) is 39.3 Å². The Morgan fingerprint density at radius 1 is 1.29 bits per heavy atom. The summed E-state index contributed by atoms with van der Waals surface area (Å²) >= 11 is 0. The molecule has 0 fully saturated rings. The van der Waals surface area contributed by atoms with Crippen molar-refractivity contribution >= 4 is 0 Å². The average molecular weight is 289 g/mol. The fourth-order valence-corrected chi connectivity index (χ4v) is 2.04. The first-order chi connectivity index (χ1) is 10.1. The van der Waals surface area contributed by atoms with Crippen molar-refractivity contribution in [2.24, 2.45) is 0 Å². The van der Waals surface area contributed by atoms with Crippen molar-refractivity contribution in [3.63, 3.8) is 0 Å². The normalized spacial score (nSPS) is 12.8. The van der Waals surface area contributed by atoms with E-state index in [1.807, 2.05) is 19.2 Å². The van der Waals surface area contributed by atoms with Gasteiger partial charge < -0.3 is 9.63 Å². The quantitative estimate of drug-likeness (QED) is 0.848. The summed E-state index contributed by atoms with van der Waals surface area (Å²) < 4.78 is 5.29. The number of aliphatic hydroxyl groups is 1. The van der Waals surface area contributed by atoms with Crippen molar-refractivity contribution in [1.82, 2.24) is 15.0 Å². The topological polar surface area (TPSA) is 62.4 Å². The molecule has 0 spiro atoms. The molecule has 1 atom stereocenters. The van der Waals surface area contributed by atoms with E-state index < -0.39 is 0 Å². The Balaban J connectivity index is 1.97. The molecule has 1 aromatic carbocycles. The molecule has 1 N–H and O–H groups in total. The molecule has 0 radical (unpaired) electrons. The molecular weight excluding hydrogens is 266 g/mol. The van der Waals surface area contributed by atoms with Crippen LogP contribution >= 0.6 is 0 Å². The molecule has 1 heterocycles. The van der Waals surface area contributed by atoms with E-state index in [1.54, 1.807) is 6.92 Å². The summed E-state index contributed by atoms with van der Waals surface area (Å²) in [5, 5.41) is 13.3. The highest BCUT2D eigenvalue weighted by Crippen LogP contribution is 2.17. The van der Waals surface area contributed by atoms with Gasteiger partial charge in [-0.25, -0.2) is 0 Å². The standard InChI is InChI=1S/C16H23N3O2/c1-4-13-5-7-14(8-6-13)16-17-15(21-18-16)11-19(3)10-9-12(2)20/h5-8,12,20H,4,9-11H2,1-3H3. The van der Waals surface area contributed by atoms with Gasteiger partial charge in [0.05, 0.1) is 12.6 Å². The third-order valence-corrected chi connectivity index (χ3v) is 3.42. The monoisotopic (exact) mass is 289 g/mol. The molecule has 0 saturated carbocycles. The van der Waals surface area contributed by atoms with Crippen LogP contribution in [0.5, 0.6) is 0 Å². The summed E-state index contributed by atoms with van der Waals surface area (Å²) in [5.41, 5.74) is 2.26. The second-order valence-electron chi connectivity index (χ2n) is 5.44. The van der Waals surface area contributed by atoms with Gasteiger partial charge in [0.1, 0.15) is 0 Å². The fourth-order valence-electron chi connectivity index (χ4n) is 2.04. The first-order valence-electron chi connectivity index (χ1n) is 7.37. The van der Waals surface area contributed by atoms with Crippen LogP contribution in [0.25, 0.3) is 11.4 Å². The van der Waals surface area contributed by atoms with Crippen LogP contribution in [-0.2, 0) is 13.0 Å². The number of hydrogen-bond acceptors (Lipinski definition) is 5. The van der Waals surface area contributed by atoms with E-state index in [0.29, 0.717) is 18.3 Å². The van der Waals surface area contributed by atoms with Crippen molar-refractivity contribution in [2.75, 3.05) is 13.6 Å². The maximum Gasteiger partial charge on any atom is 0.241 e. The lowest BCUT2D eigenvalue weighted by molar-refractivity contribution is 0.158. The van der Waals surface area contributed by atoms with Gasteiger partial charge in [-0.2, -0.15) is 4.98 Å². The van der Waals surface area contributed by atoms with Crippen LogP contribution in [0.3, 0.4) is 0 Å². The number of nitrogens with zero attached hydrogens (tertiary/aromatic N) is 3. The van der Waals surface area contributed by atoms with E-state index in [2.05, 4.69) is 34.1 Å². The van der Waals surface area contributed by atoms with Crippen molar-refractivity contribution in [3.05, 3.63) is 35.7 Å². The second-order valence-corrected chi connectivity index (χ2v) is 5.44. The predicted molar refractivity (Wildman–Crippen MR) is 81.7 cm³/mol. The molecule has 5 heteroatoms. The van der Waals surface area contributed by atoms with Crippen molar-refractivity contribution < 1.29 is 9.63 Å². The molecule has 0 aliphatic heterocycles. The van der Waals surface area contributed by atoms with Crippen LogP contribution in [0.4, 0.5) is 0 Å². The van der Waals surface area contributed by atoms with Crippen LogP contribution in [0.15, 0.2) is 28.8 Å². The smallest absolute Gasteiger partial charge is 0.241 e. The largest absolute Gasteiger partial charge is 0.393 e. The number of benzene rings is 1. The molecule has 0 aliphatic carbocycles. The molecule has 2 aromatic rings. The van der Waals surface area contributed by atoms with E-state index >= 15 is 0 Å². The van der Waals surface area contributed by atoms with Gasteiger partial charge in [-0.05, 0) is 32.4 Å². The Labute approximate surface area is 125 Å². The third kappa shape index (κ3) is 4.65. The Kier molecular flexibility index (Phi) is 5.47. The van der Waals surface area contributed by atoms with Gasteiger partial charge in [0.25, 0.3) is 0 Å². The van der Waals surface area contributed by atoms with E-state index in [-0.39, 0.29) is 6.10 Å². The molecule has 114 valence electrons. The molecule has 1 aromatic heterocycles. The fraction of sp³-hybridized carbons (Fsp3) is 0.500. The Bertz CT molecular complexity index is 549. The molecule has 5 nitrogen and oxygen atoms in total. The van der Waals surface area contributed by atoms with Crippen LogP contribution < -0.4 is 0 Å². The number of rotatable bonds is 7. The first-order valence-corrected chi connectivity index (χ1v) is 7.37. The summed E-state index contributed by atoms with van der Waals surface area (Å²) in [7, 11) is 1.97. The Hall–Kier alpha value is -1.72. The van der Waals surface area contributed by atoms with E-state index in [9.17, 15) is 5.11 Å². The highest BCUT2D eigenvalue weighted by molar-refractivity contribution is 5.54. The summed E-state index contributed by atoms with van der Waals surface area (Å²) in [6.07, 6.45) is 1.46. The third-order valence-electron chi connectivity index (χ3n) is 3.42. The molecule has 2 rings (SSSR count). The van der Waals surface area contributed by atoms with Crippen molar-refractivity contribution in [1.29, 1.82) is 0 Å². The maximum absolute atomic E-state index is 9.28. The van der Waals surface area contributed by atoms with E-state index in [0.717, 1.165) is 24.9 Å². The zero-order valence-electron chi connectivity index (χ0n) is 12.9. The highest BCUT2D eigenvalue weighted by atomic mass is 16.5. The van der Waals surface area contributed by atoms with Gasteiger partial charge >= 0.3 is 0 Å². The van der Waals surface area contributed by atoms with Gasteiger partial charge in [0, 0.05) is 12.1 Å². The van der Waals surface area contributed by atoms with Crippen LogP contribution in [0.1, 0.15) is 31.7 Å². The summed E-state index contributed by atoms with van der Waals surface area (Å²) in [6.45, 7) is 5.30. The minimum atomic E-state index is -0.289. The van der Waals surface area contributed by atoms with Gasteiger partial charge in [0.15, 0.2) is 0 Å². The zero-order valence-corrected chi connectivity index (χ0v) is 12.9. The minimum Gasteiger partial charge on any atom is -0.393 e. The first kappa shape index (κ1) is 15.7. The molecular formula is C16H23N3O2. The van der Waals surface area contributed by atoms with Gasteiger partial charge in [-0.1, -0.05) is 36.3 Å². The van der Waals surface area contributed by atoms with Crippen LogP contribution in [0.2, 0.25) is 0 Å². The van der Waals surface area contributed by atoms with Gasteiger partial charge in [0.2, 0.25) is 11.7 Å². The number of aromatic nitrogens is 2. The highest BCUT2D eigenvalue weighted by Gasteiger charge is 2.11. The molecule has 21 heavy (non-hydrogen) atoms. The molecule has 0 amide bonds. The van der Waals surface area contributed by atoms with Crippen LogP contribution in [-0.4, -0.2) is 39.8 Å². The van der Waals surface area contributed by atoms with Gasteiger partial charge in [-0.15, -0.1) is 0 Å². The predicted octanol–water partition coefficient (Wildman–Crippen LogP) is 2.50. The molecule has 0 aliphatic rings. The van der Waals surface area contributed by atoms with Crippen molar-refractivity contribution in [3.8, 4) is 11.4 Å². The van der Waals surface area contributed by atoms with Gasteiger partial charge in [-0.3, -0.25) is 4.90 Å². The zero-order chi connectivity index (χ0) is 15.2. The number of aryl methyl sites for hydroxylation is 1. The number of hydrogen-bond donors (Lipinski definition) is 1. The number of aliphatic hydroxyl groups excluding tert-OH is 1. The van der Waals surface area contributed by atoms with E-state index in [4.69, 9.17) is 4.52 Å². The SMILES string of the molecule is CCc1ccc(-c2noc(CN(C)CCC(C)O)n2)cc1. The van der Waals surface area contributed by atoms with E-state index in [1.165, 1.54) is 5.56 Å². The summed E-state index contributed by atoms with van der Waals surface area (Å²) in [5.74, 6) is 1.22. The lowest BCUT2D eigenvalue weighted by atomic mass is 10.1. The molecule has 1 unspecified atom stereocenters. The molecule has 0 bridgehead atoms. The summed E-state index contributed by atoms with van der Waals surface area (Å²) in [4.78, 5) is 6.48.